The van der Waals surface area contributed by atoms with Crippen LogP contribution in [0.2, 0.25) is 0 Å². The average molecular weight is 288 g/mol. The van der Waals surface area contributed by atoms with Crippen molar-refractivity contribution in [3.63, 3.8) is 0 Å². The molecule has 2 heterocycles. The van der Waals surface area contributed by atoms with Gasteiger partial charge >= 0.3 is 6.03 Å². The number of rotatable bonds is 2. The Labute approximate surface area is 123 Å². The minimum Gasteiger partial charge on any atom is -0.350 e. The van der Waals surface area contributed by atoms with Gasteiger partial charge in [-0.3, -0.25) is 9.78 Å². The zero-order chi connectivity index (χ0) is 14.7. The number of hydrogen-bond acceptors (Lipinski definition) is 3. The summed E-state index contributed by atoms with van der Waals surface area (Å²) in [6, 6.07) is 3.84. The van der Waals surface area contributed by atoms with E-state index < -0.39 is 0 Å². The molecule has 6 heteroatoms. The van der Waals surface area contributed by atoms with Crippen molar-refractivity contribution in [3.05, 3.63) is 30.1 Å². The summed E-state index contributed by atoms with van der Waals surface area (Å²) in [7, 11) is 0. The minimum atomic E-state index is -0.161. The Kier molecular flexibility index (Phi) is 4.03. The molecule has 1 aliphatic carbocycles. The van der Waals surface area contributed by atoms with Gasteiger partial charge in [0.05, 0.1) is 6.04 Å². The molecule has 2 fully saturated rings. The van der Waals surface area contributed by atoms with E-state index in [1.165, 1.54) is 0 Å². The van der Waals surface area contributed by atoms with Crippen molar-refractivity contribution in [1.82, 2.24) is 20.5 Å². The second kappa shape index (κ2) is 6.11. The number of hydrogen-bond donors (Lipinski definition) is 2. The van der Waals surface area contributed by atoms with Gasteiger partial charge in [0.15, 0.2) is 0 Å². The SMILES string of the molecule is O=C1CN(C(=O)NCc2cccnc2)C2CCCCC2N1. The number of urea groups is 1. The smallest absolute Gasteiger partial charge is 0.318 e. The van der Waals surface area contributed by atoms with Gasteiger partial charge in [0, 0.05) is 25.0 Å². The molecular formula is C15H20N4O2. The molecule has 0 bridgehead atoms. The van der Waals surface area contributed by atoms with Crippen LogP contribution in [0.3, 0.4) is 0 Å². The van der Waals surface area contributed by atoms with Crippen LogP contribution in [0.15, 0.2) is 24.5 Å². The van der Waals surface area contributed by atoms with E-state index in [2.05, 4.69) is 15.6 Å². The summed E-state index contributed by atoms with van der Waals surface area (Å²) in [5.74, 6) is -0.0605. The zero-order valence-corrected chi connectivity index (χ0v) is 11.9. The Balaban J connectivity index is 1.63. The van der Waals surface area contributed by atoms with Crippen LogP contribution in [0.25, 0.3) is 0 Å². The van der Waals surface area contributed by atoms with Crippen LogP contribution in [0.4, 0.5) is 4.79 Å². The first-order valence-electron chi connectivity index (χ1n) is 7.47. The molecule has 2 aliphatic rings. The van der Waals surface area contributed by atoms with Gasteiger partial charge in [0.25, 0.3) is 0 Å². The summed E-state index contributed by atoms with van der Waals surface area (Å²) < 4.78 is 0. The van der Waals surface area contributed by atoms with Gasteiger partial charge in [-0.25, -0.2) is 4.79 Å². The van der Waals surface area contributed by atoms with E-state index in [4.69, 9.17) is 0 Å². The topological polar surface area (TPSA) is 74.3 Å². The van der Waals surface area contributed by atoms with E-state index in [1.54, 1.807) is 17.3 Å². The van der Waals surface area contributed by atoms with Crippen LogP contribution in [0.1, 0.15) is 31.2 Å². The van der Waals surface area contributed by atoms with E-state index >= 15 is 0 Å². The Hall–Kier alpha value is -2.11. The van der Waals surface area contributed by atoms with E-state index in [9.17, 15) is 9.59 Å². The van der Waals surface area contributed by atoms with Gasteiger partial charge in [0.2, 0.25) is 5.91 Å². The first-order chi connectivity index (χ1) is 10.2. The van der Waals surface area contributed by atoms with Gasteiger partial charge in [0.1, 0.15) is 6.54 Å². The Morgan fingerprint density at radius 2 is 2.29 bits per heavy atom. The lowest BCUT2D eigenvalue weighted by molar-refractivity contribution is -0.126. The molecule has 1 saturated carbocycles. The highest BCUT2D eigenvalue weighted by atomic mass is 16.2. The second-order valence-corrected chi connectivity index (χ2v) is 5.67. The largest absolute Gasteiger partial charge is 0.350 e. The number of fused-ring (bicyclic) bond motifs is 1. The Bertz CT molecular complexity index is 520. The first kappa shape index (κ1) is 13.9. The van der Waals surface area contributed by atoms with E-state index in [-0.39, 0.29) is 30.6 Å². The molecule has 1 aromatic heterocycles. The maximum Gasteiger partial charge on any atom is 0.318 e. The lowest BCUT2D eigenvalue weighted by Gasteiger charge is -2.43. The Morgan fingerprint density at radius 3 is 3.10 bits per heavy atom. The number of pyridine rings is 1. The summed E-state index contributed by atoms with van der Waals surface area (Å²) in [5, 5.41) is 5.90. The highest BCUT2D eigenvalue weighted by Crippen LogP contribution is 2.25. The molecule has 112 valence electrons. The third-order valence-corrected chi connectivity index (χ3v) is 4.22. The number of aromatic nitrogens is 1. The average Bonchev–Trinajstić information content (AvgIpc) is 2.52. The number of carbonyl (C=O) groups is 2. The number of nitrogens with zero attached hydrogens (tertiary/aromatic N) is 2. The molecule has 3 rings (SSSR count). The molecule has 2 N–H and O–H groups in total. The molecule has 0 radical (unpaired) electrons. The molecule has 3 amide bonds. The van der Waals surface area contributed by atoms with Crippen molar-refractivity contribution in [3.8, 4) is 0 Å². The quantitative estimate of drug-likeness (QED) is 0.853. The van der Waals surface area contributed by atoms with Crippen LogP contribution < -0.4 is 10.6 Å². The van der Waals surface area contributed by atoms with E-state index in [1.807, 2.05) is 12.1 Å². The summed E-state index contributed by atoms with van der Waals surface area (Å²) in [6.07, 6.45) is 7.59. The molecule has 2 unspecified atom stereocenters. The lowest BCUT2D eigenvalue weighted by Crippen LogP contribution is -2.64. The molecule has 1 saturated heterocycles. The van der Waals surface area contributed by atoms with Crippen molar-refractivity contribution in [2.24, 2.45) is 0 Å². The fraction of sp³-hybridized carbons (Fsp3) is 0.533. The first-order valence-corrected chi connectivity index (χ1v) is 7.47. The predicted octanol–water partition coefficient (Wildman–Crippen LogP) is 1.03. The van der Waals surface area contributed by atoms with Gasteiger partial charge in [-0.1, -0.05) is 18.9 Å². The number of carbonyl (C=O) groups excluding carboxylic acids is 2. The van der Waals surface area contributed by atoms with Crippen molar-refractivity contribution in [2.45, 2.75) is 44.3 Å². The fourth-order valence-corrected chi connectivity index (χ4v) is 3.18. The molecule has 0 spiro atoms. The van der Waals surface area contributed by atoms with Crippen LogP contribution in [-0.4, -0.2) is 40.5 Å². The predicted molar refractivity (Wildman–Crippen MR) is 77.4 cm³/mol. The monoisotopic (exact) mass is 288 g/mol. The summed E-state index contributed by atoms with van der Waals surface area (Å²) in [4.78, 5) is 29.9. The van der Waals surface area contributed by atoms with Crippen molar-refractivity contribution in [2.75, 3.05) is 6.54 Å². The van der Waals surface area contributed by atoms with E-state index in [0.717, 1.165) is 31.2 Å². The van der Waals surface area contributed by atoms with Gasteiger partial charge in [-0.05, 0) is 24.5 Å². The highest BCUT2D eigenvalue weighted by Gasteiger charge is 2.38. The summed E-state index contributed by atoms with van der Waals surface area (Å²) in [5.41, 5.74) is 0.951. The Morgan fingerprint density at radius 1 is 1.43 bits per heavy atom. The normalized spacial score (nSPS) is 25.0. The zero-order valence-electron chi connectivity index (χ0n) is 11.9. The molecule has 6 nitrogen and oxygen atoms in total. The molecule has 21 heavy (non-hydrogen) atoms. The second-order valence-electron chi connectivity index (χ2n) is 5.67. The lowest BCUT2D eigenvalue weighted by atomic mass is 9.87. The number of amides is 3. The molecule has 0 aromatic carbocycles. The standard InChI is InChI=1S/C15H20N4O2/c20-14-10-19(13-6-2-1-5-12(13)18-14)15(21)17-9-11-4-3-7-16-8-11/h3-4,7-8,12-13H,1-2,5-6,9-10H2,(H,17,21)(H,18,20). The molecule has 1 aliphatic heterocycles. The van der Waals surface area contributed by atoms with Crippen LogP contribution >= 0.6 is 0 Å². The number of nitrogens with one attached hydrogen (secondary N) is 2. The minimum absolute atomic E-state index is 0.0605. The van der Waals surface area contributed by atoms with Crippen molar-refractivity contribution < 1.29 is 9.59 Å². The highest BCUT2D eigenvalue weighted by molar-refractivity contribution is 5.86. The molecule has 1 aromatic rings. The summed E-state index contributed by atoms with van der Waals surface area (Å²) >= 11 is 0. The van der Waals surface area contributed by atoms with Crippen molar-refractivity contribution >= 4 is 11.9 Å². The number of piperazine rings is 1. The summed E-state index contributed by atoms with van der Waals surface area (Å²) in [6.45, 7) is 0.586. The third-order valence-electron chi connectivity index (χ3n) is 4.22. The maximum atomic E-state index is 12.4. The van der Waals surface area contributed by atoms with Gasteiger partial charge in [-0.15, -0.1) is 0 Å². The van der Waals surface area contributed by atoms with E-state index in [0.29, 0.717) is 6.54 Å². The molecule has 2 atom stereocenters. The van der Waals surface area contributed by atoms with Crippen LogP contribution in [0.5, 0.6) is 0 Å². The van der Waals surface area contributed by atoms with Gasteiger partial charge in [-0.2, -0.15) is 0 Å². The van der Waals surface area contributed by atoms with Crippen molar-refractivity contribution in [1.29, 1.82) is 0 Å². The third kappa shape index (κ3) is 3.15. The fourth-order valence-electron chi connectivity index (χ4n) is 3.18. The molecular weight excluding hydrogens is 268 g/mol. The van der Waals surface area contributed by atoms with Gasteiger partial charge < -0.3 is 15.5 Å². The maximum absolute atomic E-state index is 12.4. The van der Waals surface area contributed by atoms with Crippen LogP contribution in [-0.2, 0) is 11.3 Å². The van der Waals surface area contributed by atoms with Crippen LogP contribution in [0, 0.1) is 0 Å².